The summed E-state index contributed by atoms with van der Waals surface area (Å²) in [5.41, 5.74) is 0. The molecule has 0 bridgehead atoms. The summed E-state index contributed by atoms with van der Waals surface area (Å²) in [6.07, 6.45) is 9.57. The molecule has 30 heavy (non-hydrogen) atoms. The molecule has 0 aliphatic rings. The number of carboxylic acids is 2. The van der Waals surface area contributed by atoms with Gasteiger partial charge in [-0.05, 0) is 12.8 Å². The maximum Gasteiger partial charge on any atom is 0.349 e. The Balaban J connectivity index is 4.73. The van der Waals surface area contributed by atoms with E-state index in [4.69, 9.17) is 19.9 Å². The van der Waals surface area contributed by atoms with E-state index >= 15 is 0 Å². The summed E-state index contributed by atoms with van der Waals surface area (Å²) >= 11 is 0. The van der Waals surface area contributed by atoms with Crippen LogP contribution in [-0.2, 0) is 28.9 Å². The number of nitrogens with zero attached hydrogens (tertiary/aromatic N) is 2. The van der Waals surface area contributed by atoms with Crippen LogP contribution in [0, 0.1) is 0 Å². The summed E-state index contributed by atoms with van der Waals surface area (Å²) in [6.45, 7) is 4.92. The minimum atomic E-state index is -1.11. The summed E-state index contributed by atoms with van der Waals surface area (Å²) in [6, 6.07) is 0. The Kier molecular flexibility index (Phi) is 15.2. The molecule has 0 amide bonds. The summed E-state index contributed by atoms with van der Waals surface area (Å²) in [7, 11) is 0. The van der Waals surface area contributed by atoms with Crippen LogP contribution in [0.4, 0.5) is 0 Å². The largest absolute Gasteiger partial charge is 0.478 e. The molecule has 0 saturated heterocycles. The number of carbonyl (C=O) groups excluding carboxylic acids is 2. The van der Waals surface area contributed by atoms with Crippen LogP contribution in [0.3, 0.4) is 0 Å². The third-order valence-electron chi connectivity index (χ3n) is 3.45. The lowest BCUT2D eigenvalue weighted by Crippen LogP contribution is -2.29. The number of unbranched alkanes of at least 4 members (excludes halogenated alkanes) is 2. The van der Waals surface area contributed by atoms with E-state index in [0.717, 1.165) is 50.0 Å². The van der Waals surface area contributed by atoms with Gasteiger partial charge in [0.15, 0.2) is 0 Å². The molecule has 0 saturated carbocycles. The molecule has 0 spiro atoms. The van der Waals surface area contributed by atoms with Crippen molar-refractivity contribution in [1.82, 2.24) is 10.1 Å². The Morgan fingerprint density at radius 3 is 1.37 bits per heavy atom. The standard InChI is InChI=1S/C20H30N2O8/c1-3-5-13-21(15-7-9-17(23)24)29-19(27)11-12-20(28)30-22(14-6-4-2)16-8-10-18(25)26/h7-12H,3-6,13-16H2,1-2H3,(H,23,24)(H,25,26)/b9-7?,10-8?,12-11-. The molecule has 10 nitrogen and oxygen atoms in total. The minimum absolute atomic E-state index is 0.0943. The molecule has 0 radical (unpaired) electrons. The number of carbonyl (C=O) groups is 4. The van der Waals surface area contributed by atoms with Crippen molar-refractivity contribution in [3.8, 4) is 0 Å². The number of aliphatic carboxylic acids is 2. The van der Waals surface area contributed by atoms with E-state index in [1.807, 2.05) is 13.8 Å². The van der Waals surface area contributed by atoms with Gasteiger partial charge in [-0.1, -0.05) is 38.8 Å². The predicted molar refractivity (Wildman–Crippen MR) is 108 cm³/mol. The average Bonchev–Trinajstić information content (AvgIpc) is 2.67. The highest BCUT2D eigenvalue weighted by molar-refractivity contribution is 5.91. The van der Waals surface area contributed by atoms with E-state index in [1.54, 1.807) is 0 Å². The molecule has 0 aromatic carbocycles. The van der Waals surface area contributed by atoms with E-state index in [0.29, 0.717) is 13.1 Å². The average molecular weight is 426 g/mol. The Hall–Kier alpha value is -2.98. The van der Waals surface area contributed by atoms with Crippen LogP contribution < -0.4 is 0 Å². The number of hydrogen-bond donors (Lipinski definition) is 2. The van der Waals surface area contributed by atoms with Gasteiger partial charge in [0.1, 0.15) is 0 Å². The van der Waals surface area contributed by atoms with Gasteiger partial charge in [0.2, 0.25) is 0 Å². The van der Waals surface area contributed by atoms with Crippen LogP contribution in [0.25, 0.3) is 0 Å². The zero-order valence-electron chi connectivity index (χ0n) is 17.4. The fourth-order valence-corrected chi connectivity index (χ4v) is 2.01. The number of hydrogen-bond acceptors (Lipinski definition) is 8. The van der Waals surface area contributed by atoms with Crippen molar-refractivity contribution in [2.75, 3.05) is 26.2 Å². The minimum Gasteiger partial charge on any atom is -0.478 e. The fraction of sp³-hybridized carbons (Fsp3) is 0.500. The Morgan fingerprint density at radius 1 is 0.700 bits per heavy atom. The normalized spacial score (nSPS) is 11.7. The molecule has 10 heteroatoms. The topological polar surface area (TPSA) is 134 Å². The van der Waals surface area contributed by atoms with Gasteiger partial charge < -0.3 is 19.9 Å². The number of carboxylic acid groups (broad SMARTS) is 2. The first kappa shape index (κ1) is 27.0. The van der Waals surface area contributed by atoms with Crippen molar-refractivity contribution in [1.29, 1.82) is 0 Å². The second kappa shape index (κ2) is 16.9. The molecule has 0 atom stereocenters. The molecular formula is C20H30N2O8. The lowest BCUT2D eigenvalue weighted by atomic mass is 10.3. The molecule has 168 valence electrons. The predicted octanol–water partition coefficient (Wildman–Crippen LogP) is 1.94. The van der Waals surface area contributed by atoms with Gasteiger partial charge in [0, 0.05) is 37.4 Å². The van der Waals surface area contributed by atoms with E-state index < -0.39 is 23.9 Å². The van der Waals surface area contributed by atoms with Crippen molar-refractivity contribution < 1.29 is 39.1 Å². The molecule has 0 fully saturated rings. The zero-order chi connectivity index (χ0) is 22.8. The molecule has 0 aliphatic heterocycles. The van der Waals surface area contributed by atoms with Crippen LogP contribution in [0.1, 0.15) is 39.5 Å². The van der Waals surface area contributed by atoms with E-state index in [-0.39, 0.29) is 13.1 Å². The summed E-state index contributed by atoms with van der Waals surface area (Å²) < 4.78 is 0. The highest BCUT2D eigenvalue weighted by Crippen LogP contribution is 2.01. The summed E-state index contributed by atoms with van der Waals surface area (Å²) in [5.74, 6) is -3.83. The smallest absolute Gasteiger partial charge is 0.349 e. The molecule has 0 aromatic heterocycles. The highest BCUT2D eigenvalue weighted by Gasteiger charge is 2.11. The third kappa shape index (κ3) is 16.0. The van der Waals surface area contributed by atoms with Crippen molar-refractivity contribution in [2.45, 2.75) is 39.5 Å². The lowest BCUT2D eigenvalue weighted by Gasteiger charge is -2.19. The van der Waals surface area contributed by atoms with Crippen LogP contribution in [0.15, 0.2) is 36.5 Å². The molecule has 0 aromatic rings. The second-order valence-corrected chi connectivity index (χ2v) is 6.12. The lowest BCUT2D eigenvalue weighted by molar-refractivity contribution is -0.184. The van der Waals surface area contributed by atoms with Gasteiger partial charge in [-0.2, -0.15) is 0 Å². The fourth-order valence-electron chi connectivity index (χ4n) is 2.01. The summed E-state index contributed by atoms with van der Waals surface area (Å²) in [5, 5.41) is 19.8. The molecule has 2 N–H and O–H groups in total. The van der Waals surface area contributed by atoms with Crippen LogP contribution in [0.2, 0.25) is 0 Å². The Bertz CT molecular complexity index is 589. The van der Waals surface area contributed by atoms with Crippen molar-refractivity contribution in [2.24, 2.45) is 0 Å². The quantitative estimate of drug-likeness (QED) is 0.278. The van der Waals surface area contributed by atoms with Crippen molar-refractivity contribution in [3.05, 3.63) is 36.5 Å². The van der Waals surface area contributed by atoms with Gasteiger partial charge >= 0.3 is 23.9 Å². The van der Waals surface area contributed by atoms with Crippen LogP contribution >= 0.6 is 0 Å². The SMILES string of the molecule is CCCCN(CC=CC(=O)O)OC(=O)/C=C\C(=O)ON(CC=CC(=O)O)CCCC. The first-order valence-electron chi connectivity index (χ1n) is 9.69. The second-order valence-electron chi connectivity index (χ2n) is 6.12. The highest BCUT2D eigenvalue weighted by atomic mass is 16.7. The van der Waals surface area contributed by atoms with Crippen molar-refractivity contribution >= 4 is 23.9 Å². The van der Waals surface area contributed by atoms with Crippen molar-refractivity contribution in [3.63, 3.8) is 0 Å². The zero-order valence-corrected chi connectivity index (χ0v) is 17.4. The van der Waals surface area contributed by atoms with Gasteiger partial charge in [-0.15, -0.1) is 10.1 Å². The first-order chi connectivity index (χ1) is 14.3. The monoisotopic (exact) mass is 426 g/mol. The Labute approximate surface area is 175 Å². The molecule has 0 unspecified atom stereocenters. The van der Waals surface area contributed by atoms with E-state index in [2.05, 4.69) is 0 Å². The van der Waals surface area contributed by atoms with Crippen LogP contribution in [-0.4, -0.2) is 70.4 Å². The third-order valence-corrected chi connectivity index (χ3v) is 3.45. The molecular weight excluding hydrogens is 396 g/mol. The van der Waals surface area contributed by atoms with Gasteiger partial charge in [0.25, 0.3) is 0 Å². The van der Waals surface area contributed by atoms with Gasteiger partial charge in [0.05, 0.1) is 13.1 Å². The van der Waals surface area contributed by atoms with E-state index in [9.17, 15) is 19.2 Å². The summed E-state index contributed by atoms with van der Waals surface area (Å²) in [4.78, 5) is 55.2. The maximum absolute atomic E-state index is 11.9. The van der Waals surface area contributed by atoms with Gasteiger partial charge in [-0.3, -0.25) is 0 Å². The maximum atomic E-state index is 11.9. The molecule has 0 rings (SSSR count). The number of hydroxylamine groups is 4. The Morgan fingerprint density at radius 2 is 1.07 bits per heavy atom. The number of rotatable bonds is 16. The van der Waals surface area contributed by atoms with Crippen LogP contribution in [0.5, 0.6) is 0 Å². The molecule has 0 heterocycles. The van der Waals surface area contributed by atoms with E-state index in [1.165, 1.54) is 22.3 Å². The van der Waals surface area contributed by atoms with Gasteiger partial charge in [-0.25, -0.2) is 19.2 Å². The first-order valence-corrected chi connectivity index (χ1v) is 9.69. The molecule has 0 aliphatic carbocycles.